The van der Waals surface area contributed by atoms with Crippen molar-refractivity contribution in [1.29, 1.82) is 0 Å². The standard InChI is InChI=1S/C19H21NO2S4/c1-23-18(19(21)20-22)6-3-2-5-13-8-9-16(25-13)17-11-10-15(26-17)14-7-4-12-24-14/h4,7-12,18,22H,2-3,5-6H2,1H3,(H,20,21). The zero-order valence-electron chi connectivity index (χ0n) is 14.4. The summed E-state index contributed by atoms with van der Waals surface area (Å²) in [7, 11) is 0. The van der Waals surface area contributed by atoms with E-state index in [-0.39, 0.29) is 11.2 Å². The Kier molecular flexibility index (Phi) is 7.33. The minimum absolute atomic E-state index is 0.166. The monoisotopic (exact) mass is 423 g/mol. The lowest BCUT2D eigenvalue weighted by molar-refractivity contribution is -0.128. The zero-order valence-corrected chi connectivity index (χ0v) is 17.7. The smallest absolute Gasteiger partial charge is 0.256 e. The number of thiophene rings is 3. The molecule has 0 aliphatic heterocycles. The fourth-order valence-electron chi connectivity index (χ4n) is 2.72. The molecule has 7 heteroatoms. The van der Waals surface area contributed by atoms with E-state index in [4.69, 9.17) is 5.21 Å². The fourth-order valence-corrected chi connectivity index (χ4v) is 6.37. The number of hydrogen-bond donors (Lipinski definition) is 2. The molecule has 0 aliphatic rings. The van der Waals surface area contributed by atoms with E-state index in [1.54, 1.807) is 16.8 Å². The van der Waals surface area contributed by atoms with Crippen LogP contribution in [0.25, 0.3) is 19.5 Å². The summed E-state index contributed by atoms with van der Waals surface area (Å²) in [6.45, 7) is 0. The lowest BCUT2D eigenvalue weighted by Crippen LogP contribution is -2.29. The summed E-state index contributed by atoms with van der Waals surface area (Å²) < 4.78 is 0. The van der Waals surface area contributed by atoms with Crippen LogP contribution in [0.1, 0.15) is 24.1 Å². The van der Waals surface area contributed by atoms with Crippen molar-refractivity contribution in [2.24, 2.45) is 0 Å². The van der Waals surface area contributed by atoms with Crippen LogP contribution in [0.5, 0.6) is 0 Å². The van der Waals surface area contributed by atoms with Gasteiger partial charge in [0.25, 0.3) is 5.91 Å². The predicted molar refractivity (Wildman–Crippen MR) is 116 cm³/mol. The Morgan fingerprint density at radius 1 is 1.08 bits per heavy atom. The van der Waals surface area contributed by atoms with Crippen LogP contribution in [0, 0.1) is 0 Å². The SMILES string of the molecule is CSC(CCCCc1ccc(-c2ccc(-c3cccs3)s2)s1)C(=O)NO. The van der Waals surface area contributed by atoms with Gasteiger partial charge in [0.2, 0.25) is 0 Å². The third-order valence-electron chi connectivity index (χ3n) is 4.10. The number of hydrogen-bond acceptors (Lipinski definition) is 6. The van der Waals surface area contributed by atoms with Crippen LogP contribution in [-0.4, -0.2) is 22.6 Å². The lowest BCUT2D eigenvalue weighted by atomic mass is 10.1. The van der Waals surface area contributed by atoms with Crippen LogP contribution in [0.4, 0.5) is 0 Å². The van der Waals surface area contributed by atoms with Gasteiger partial charge in [-0.05, 0) is 61.2 Å². The van der Waals surface area contributed by atoms with Crippen molar-refractivity contribution < 1.29 is 10.0 Å². The summed E-state index contributed by atoms with van der Waals surface area (Å²) in [4.78, 5) is 18.2. The first-order valence-corrected chi connectivity index (χ1v) is 12.2. The maximum absolute atomic E-state index is 11.5. The molecule has 138 valence electrons. The number of amides is 1. The quantitative estimate of drug-likeness (QED) is 0.246. The Morgan fingerprint density at radius 3 is 2.50 bits per heavy atom. The van der Waals surface area contributed by atoms with E-state index in [2.05, 4.69) is 41.8 Å². The molecule has 1 unspecified atom stereocenters. The van der Waals surface area contributed by atoms with Crippen LogP contribution >= 0.6 is 45.8 Å². The molecule has 3 aromatic heterocycles. The fraction of sp³-hybridized carbons (Fsp3) is 0.316. The average molecular weight is 424 g/mol. The molecule has 0 radical (unpaired) electrons. The molecule has 1 atom stereocenters. The second kappa shape index (κ2) is 9.71. The topological polar surface area (TPSA) is 49.3 Å². The molecule has 26 heavy (non-hydrogen) atoms. The average Bonchev–Trinajstić information content (AvgIpc) is 3.41. The van der Waals surface area contributed by atoms with E-state index in [1.807, 2.05) is 28.9 Å². The van der Waals surface area contributed by atoms with Gasteiger partial charge in [-0.15, -0.1) is 34.0 Å². The summed E-state index contributed by atoms with van der Waals surface area (Å²) in [5.41, 5.74) is 1.75. The van der Waals surface area contributed by atoms with Crippen LogP contribution in [-0.2, 0) is 11.2 Å². The normalized spacial score (nSPS) is 12.2. The molecule has 3 aromatic rings. The van der Waals surface area contributed by atoms with Crippen molar-refractivity contribution in [2.75, 3.05) is 6.26 Å². The molecule has 0 aliphatic carbocycles. The number of hydroxylamine groups is 1. The Morgan fingerprint density at radius 2 is 1.81 bits per heavy atom. The molecule has 0 saturated heterocycles. The van der Waals surface area contributed by atoms with Gasteiger partial charge < -0.3 is 0 Å². The van der Waals surface area contributed by atoms with E-state index in [0.717, 1.165) is 25.7 Å². The van der Waals surface area contributed by atoms with Crippen LogP contribution in [0.3, 0.4) is 0 Å². The van der Waals surface area contributed by atoms with E-state index in [0.29, 0.717) is 0 Å². The largest absolute Gasteiger partial charge is 0.289 e. The van der Waals surface area contributed by atoms with Gasteiger partial charge in [0.05, 0.1) is 5.25 Å². The van der Waals surface area contributed by atoms with Crippen molar-refractivity contribution in [1.82, 2.24) is 5.48 Å². The van der Waals surface area contributed by atoms with Crippen molar-refractivity contribution in [3.63, 3.8) is 0 Å². The first-order valence-electron chi connectivity index (χ1n) is 8.41. The number of rotatable bonds is 9. The molecule has 3 rings (SSSR count). The highest BCUT2D eigenvalue weighted by atomic mass is 32.2. The number of carbonyl (C=O) groups excluding carboxylic acids is 1. The van der Waals surface area contributed by atoms with Gasteiger partial charge in [0.1, 0.15) is 0 Å². The van der Waals surface area contributed by atoms with Crippen molar-refractivity contribution >= 4 is 51.7 Å². The number of aryl methyl sites for hydroxylation is 1. The van der Waals surface area contributed by atoms with Gasteiger partial charge in [-0.25, -0.2) is 5.48 Å². The van der Waals surface area contributed by atoms with Crippen molar-refractivity contribution in [2.45, 2.75) is 30.9 Å². The minimum atomic E-state index is -0.296. The van der Waals surface area contributed by atoms with E-state index in [9.17, 15) is 4.79 Å². The Hall–Kier alpha value is -1.12. The molecule has 0 aromatic carbocycles. The highest BCUT2D eigenvalue weighted by Gasteiger charge is 2.15. The molecule has 3 nitrogen and oxygen atoms in total. The third kappa shape index (κ3) is 4.98. The van der Waals surface area contributed by atoms with Gasteiger partial charge in [0.15, 0.2) is 0 Å². The first-order chi connectivity index (χ1) is 12.7. The Bertz CT molecular complexity index is 822. The number of nitrogens with one attached hydrogen (secondary N) is 1. The Balaban J connectivity index is 1.51. The molecular weight excluding hydrogens is 402 g/mol. The van der Waals surface area contributed by atoms with E-state index < -0.39 is 0 Å². The summed E-state index contributed by atoms with van der Waals surface area (Å²) in [5.74, 6) is -0.296. The Labute approximate surface area is 170 Å². The van der Waals surface area contributed by atoms with Gasteiger partial charge in [-0.1, -0.05) is 12.5 Å². The van der Waals surface area contributed by atoms with Crippen molar-refractivity contribution in [3.8, 4) is 19.5 Å². The minimum Gasteiger partial charge on any atom is -0.289 e. The zero-order chi connectivity index (χ0) is 18.4. The maximum atomic E-state index is 11.5. The first kappa shape index (κ1) is 19.6. The molecule has 3 heterocycles. The molecule has 2 N–H and O–H groups in total. The summed E-state index contributed by atoms with van der Waals surface area (Å²) in [6, 6.07) is 13.1. The molecule has 0 saturated carbocycles. The van der Waals surface area contributed by atoms with Gasteiger partial charge in [-0.2, -0.15) is 11.8 Å². The van der Waals surface area contributed by atoms with E-state index >= 15 is 0 Å². The molecule has 0 spiro atoms. The lowest BCUT2D eigenvalue weighted by Gasteiger charge is -2.11. The second-order valence-electron chi connectivity index (χ2n) is 5.85. The molecule has 0 bridgehead atoms. The van der Waals surface area contributed by atoms with Gasteiger partial charge >= 0.3 is 0 Å². The van der Waals surface area contributed by atoms with Crippen LogP contribution in [0.15, 0.2) is 41.8 Å². The summed E-state index contributed by atoms with van der Waals surface area (Å²) in [6.07, 6.45) is 5.77. The number of unbranched alkanes of at least 4 members (excludes halogenated alkanes) is 1. The maximum Gasteiger partial charge on any atom is 0.256 e. The predicted octanol–water partition coefficient (Wildman–Crippen LogP) is 6.15. The van der Waals surface area contributed by atoms with E-state index in [1.165, 1.54) is 36.1 Å². The summed E-state index contributed by atoms with van der Waals surface area (Å²) in [5, 5.41) is 10.7. The van der Waals surface area contributed by atoms with Crippen LogP contribution < -0.4 is 5.48 Å². The van der Waals surface area contributed by atoms with Crippen molar-refractivity contribution in [3.05, 3.63) is 46.7 Å². The molecule has 0 fully saturated rings. The summed E-state index contributed by atoms with van der Waals surface area (Å²) >= 11 is 6.97. The van der Waals surface area contributed by atoms with Crippen LogP contribution in [0.2, 0.25) is 0 Å². The number of thioether (sulfide) groups is 1. The molecule has 1 amide bonds. The highest BCUT2D eigenvalue weighted by Crippen LogP contribution is 2.39. The van der Waals surface area contributed by atoms with Gasteiger partial charge in [0, 0.05) is 24.4 Å². The third-order valence-corrected chi connectivity index (χ3v) is 8.61. The molecular formula is C19H21NO2S4. The highest BCUT2D eigenvalue weighted by molar-refractivity contribution is 7.99. The second-order valence-corrected chi connectivity index (χ2v) is 10.1. The van der Waals surface area contributed by atoms with Gasteiger partial charge in [-0.3, -0.25) is 10.0 Å². The number of carbonyl (C=O) groups is 1.